The quantitative estimate of drug-likeness (QED) is 0.689. The molecule has 0 unspecified atom stereocenters. The van der Waals surface area contributed by atoms with E-state index in [2.05, 4.69) is 48.3 Å². The second-order valence-corrected chi connectivity index (χ2v) is 6.12. The lowest BCUT2D eigenvalue weighted by Gasteiger charge is -2.31. The average molecular weight is 274 g/mol. The summed E-state index contributed by atoms with van der Waals surface area (Å²) in [6.45, 7) is 10.1. The average Bonchev–Trinajstić information content (AvgIpc) is 2.42. The third-order valence-corrected chi connectivity index (χ3v) is 4.34. The summed E-state index contributed by atoms with van der Waals surface area (Å²) < 4.78 is 0. The molecule has 112 valence electrons. The highest BCUT2D eigenvalue weighted by molar-refractivity contribution is 5.23. The number of hydrogen-bond acceptors (Lipinski definition) is 2. The van der Waals surface area contributed by atoms with Crippen LogP contribution in [0.3, 0.4) is 0 Å². The maximum Gasteiger partial charge on any atom is 0.0233 e. The molecule has 20 heavy (non-hydrogen) atoms. The van der Waals surface area contributed by atoms with E-state index in [-0.39, 0.29) is 0 Å². The number of nitrogens with one attached hydrogen (secondary N) is 1. The van der Waals surface area contributed by atoms with Crippen LogP contribution in [-0.2, 0) is 13.1 Å². The Hall–Kier alpha value is -0.860. The topological polar surface area (TPSA) is 15.3 Å². The fourth-order valence-electron chi connectivity index (χ4n) is 2.85. The van der Waals surface area contributed by atoms with Crippen molar-refractivity contribution in [1.29, 1.82) is 0 Å². The fraction of sp³-hybridized carbons (Fsp3) is 0.667. The van der Waals surface area contributed by atoms with E-state index in [4.69, 9.17) is 0 Å². The van der Waals surface area contributed by atoms with Crippen LogP contribution in [0, 0.1) is 5.92 Å². The minimum Gasteiger partial charge on any atom is -0.313 e. The zero-order valence-electron chi connectivity index (χ0n) is 13.2. The molecule has 1 aliphatic rings. The summed E-state index contributed by atoms with van der Waals surface area (Å²) in [7, 11) is 0. The molecular formula is C18H30N2. The van der Waals surface area contributed by atoms with Gasteiger partial charge in [-0.15, -0.1) is 0 Å². The van der Waals surface area contributed by atoms with E-state index in [1.807, 2.05) is 0 Å². The van der Waals surface area contributed by atoms with Gasteiger partial charge in [-0.05, 0) is 49.4 Å². The summed E-state index contributed by atoms with van der Waals surface area (Å²) in [5.74, 6) is 0.962. The Morgan fingerprint density at radius 1 is 1.20 bits per heavy atom. The highest BCUT2D eigenvalue weighted by Gasteiger charge is 2.19. The highest BCUT2D eigenvalue weighted by Crippen LogP contribution is 2.27. The van der Waals surface area contributed by atoms with E-state index in [1.165, 1.54) is 43.4 Å². The van der Waals surface area contributed by atoms with E-state index in [0.29, 0.717) is 0 Å². The predicted molar refractivity (Wildman–Crippen MR) is 86.7 cm³/mol. The minimum atomic E-state index is 0.962. The van der Waals surface area contributed by atoms with Crippen LogP contribution < -0.4 is 5.32 Å². The SMILES string of the molecule is CCCNCc1cccc(CN(CC)CC2CCC2)c1. The van der Waals surface area contributed by atoms with Crippen molar-refractivity contribution in [2.24, 2.45) is 5.92 Å². The number of rotatable bonds is 9. The van der Waals surface area contributed by atoms with Gasteiger partial charge in [0.15, 0.2) is 0 Å². The van der Waals surface area contributed by atoms with Crippen LogP contribution in [0.4, 0.5) is 0 Å². The van der Waals surface area contributed by atoms with Crippen LogP contribution in [0.5, 0.6) is 0 Å². The first-order chi connectivity index (χ1) is 9.81. The van der Waals surface area contributed by atoms with E-state index in [9.17, 15) is 0 Å². The lowest BCUT2D eigenvalue weighted by atomic mass is 9.85. The van der Waals surface area contributed by atoms with Crippen molar-refractivity contribution in [2.75, 3.05) is 19.6 Å². The monoisotopic (exact) mass is 274 g/mol. The second kappa shape index (κ2) is 8.43. The molecule has 1 aliphatic carbocycles. The third-order valence-electron chi connectivity index (χ3n) is 4.34. The summed E-state index contributed by atoms with van der Waals surface area (Å²) in [4.78, 5) is 2.60. The molecule has 1 aromatic rings. The lowest BCUT2D eigenvalue weighted by Crippen LogP contribution is -2.32. The molecule has 0 spiro atoms. The van der Waals surface area contributed by atoms with Crippen LogP contribution in [0.1, 0.15) is 50.7 Å². The number of benzene rings is 1. The Balaban J connectivity index is 1.84. The molecule has 2 nitrogen and oxygen atoms in total. The molecular weight excluding hydrogens is 244 g/mol. The molecule has 2 heteroatoms. The van der Waals surface area contributed by atoms with Crippen LogP contribution in [-0.4, -0.2) is 24.5 Å². The minimum absolute atomic E-state index is 0.962. The van der Waals surface area contributed by atoms with Gasteiger partial charge >= 0.3 is 0 Å². The van der Waals surface area contributed by atoms with Gasteiger partial charge in [-0.3, -0.25) is 4.90 Å². The van der Waals surface area contributed by atoms with Gasteiger partial charge < -0.3 is 5.32 Å². The summed E-state index contributed by atoms with van der Waals surface area (Å²) in [5.41, 5.74) is 2.87. The van der Waals surface area contributed by atoms with Crippen molar-refractivity contribution in [1.82, 2.24) is 10.2 Å². The van der Waals surface area contributed by atoms with Crippen molar-refractivity contribution in [3.63, 3.8) is 0 Å². The lowest BCUT2D eigenvalue weighted by molar-refractivity contribution is 0.178. The summed E-state index contributed by atoms with van der Waals surface area (Å²) in [5, 5.41) is 3.48. The van der Waals surface area contributed by atoms with Gasteiger partial charge in [0, 0.05) is 19.6 Å². The van der Waals surface area contributed by atoms with Gasteiger partial charge in [-0.1, -0.05) is 44.5 Å². The van der Waals surface area contributed by atoms with Crippen LogP contribution in [0.15, 0.2) is 24.3 Å². The third kappa shape index (κ3) is 4.92. The van der Waals surface area contributed by atoms with Gasteiger partial charge in [0.1, 0.15) is 0 Å². The van der Waals surface area contributed by atoms with Crippen molar-refractivity contribution in [3.8, 4) is 0 Å². The van der Waals surface area contributed by atoms with Crippen LogP contribution in [0.2, 0.25) is 0 Å². The molecule has 0 radical (unpaired) electrons. The number of nitrogens with zero attached hydrogens (tertiary/aromatic N) is 1. The maximum absolute atomic E-state index is 3.48. The van der Waals surface area contributed by atoms with Gasteiger partial charge in [-0.2, -0.15) is 0 Å². The zero-order valence-corrected chi connectivity index (χ0v) is 13.2. The van der Waals surface area contributed by atoms with Crippen LogP contribution >= 0.6 is 0 Å². The summed E-state index contributed by atoms with van der Waals surface area (Å²) >= 11 is 0. The molecule has 2 rings (SSSR count). The largest absolute Gasteiger partial charge is 0.313 e. The summed E-state index contributed by atoms with van der Waals surface area (Å²) in [6.07, 6.45) is 5.53. The molecule has 0 bridgehead atoms. The molecule has 0 atom stereocenters. The Labute approximate surface area is 124 Å². The first kappa shape index (κ1) is 15.5. The molecule has 1 saturated carbocycles. The van der Waals surface area contributed by atoms with Gasteiger partial charge in [0.25, 0.3) is 0 Å². The van der Waals surface area contributed by atoms with E-state index in [0.717, 1.165) is 32.1 Å². The molecule has 0 aliphatic heterocycles. The Kier molecular flexibility index (Phi) is 6.55. The van der Waals surface area contributed by atoms with Crippen molar-refractivity contribution < 1.29 is 0 Å². The Morgan fingerprint density at radius 3 is 2.65 bits per heavy atom. The maximum atomic E-state index is 3.48. The van der Waals surface area contributed by atoms with Gasteiger partial charge in [0.05, 0.1) is 0 Å². The first-order valence-electron chi connectivity index (χ1n) is 8.32. The molecule has 1 fully saturated rings. The van der Waals surface area contributed by atoms with Crippen molar-refractivity contribution >= 4 is 0 Å². The number of hydrogen-bond donors (Lipinski definition) is 1. The highest BCUT2D eigenvalue weighted by atomic mass is 15.1. The Morgan fingerprint density at radius 2 is 2.00 bits per heavy atom. The first-order valence-corrected chi connectivity index (χ1v) is 8.32. The molecule has 0 amide bonds. The van der Waals surface area contributed by atoms with Gasteiger partial charge in [-0.25, -0.2) is 0 Å². The second-order valence-electron chi connectivity index (χ2n) is 6.12. The zero-order chi connectivity index (χ0) is 14.2. The van der Waals surface area contributed by atoms with E-state index >= 15 is 0 Å². The normalized spacial score (nSPS) is 15.6. The molecule has 0 heterocycles. The molecule has 1 N–H and O–H groups in total. The van der Waals surface area contributed by atoms with Crippen molar-refractivity contribution in [3.05, 3.63) is 35.4 Å². The van der Waals surface area contributed by atoms with E-state index in [1.54, 1.807) is 0 Å². The smallest absolute Gasteiger partial charge is 0.0233 e. The Bertz CT molecular complexity index is 385. The molecule has 0 saturated heterocycles. The standard InChI is InChI=1S/C18H30N2/c1-3-11-19-13-17-9-6-10-18(12-17)15-20(4-2)14-16-7-5-8-16/h6,9-10,12,16,19H,3-5,7-8,11,13-15H2,1-2H3. The molecule has 0 aromatic heterocycles. The molecule has 1 aromatic carbocycles. The summed E-state index contributed by atoms with van der Waals surface area (Å²) in [6, 6.07) is 9.07. The fourth-order valence-corrected chi connectivity index (χ4v) is 2.85. The van der Waals surface area contributed by atoms with Gasteiger partial charge in [0.2, 0.25) is 0 Å². The predicted octanol–water partition coefficient (Wildman–Crippen LogP) is 3.81. The van der Waals surface area contributed by atoms with Crippen LogP contribution in [0.25, 0.3) is 0 Å². The van der Waals surface area contributed by atoms with Crippen molar-refractivity contribution in [2.45, 2.75) is 52.6 Å². The van der Waals surface area contributed by atoms with E-state index < -0.39 is 0 Å².